The maximum Gasteiger partial charge on any atom is 0.310 e. The Morgan fingerprint density at radius 3 is 2.26 bits per heavy atom. The van der Waals surface area contributed by atoms with Gasteiger partial charge >= 0.3 is 5.97 Å². The quantitative estimate of drug-likeness (QED) is 0.718. The lowest BCUT2D eigenvalue weighted by Gasteiger charge is -2.14. The SMILES string of the molecule is CCc1cccc(CC)c1NC(=O)COC(=O)Cc1cc(C)ccc1OC. The summed E-state index contributed by atoms with van der Waals surface area (Å²) in [6, 6.07) is 11.6. The van der Waals surface area contributed by atoms with Crippen LogP contribution in [-0.4, -0.2) is 25.6 Å². The molecular formula is C22H27NO4. The van der Waals surface area contributed by atoms with Crippen LogP contribution >= 0.6 is 0 Å². The molecule has 0 aliphatic rings. The average Bonchev–Trinajstić information content (AvgIpc) is 2.66. The number of amides is 1. The Morgan fingerprint density at radius 1 is 1.00 bits per heavy atom. The van der Waals surface area contributed by atoms with Crippen molar-refractivity contribution in [2.75, 3.05) is 19.0 Å². The van der Waals surface area contributed by atoms with Gasteiger partial charge in [0.25, 0.3) is 5.91 Å². The smallest absolute Gasteiger partial charge is 0.310 e. The van der Waals surface area contributed by atoms with Crippen molar-refractivity contribution in [3.63, 3.8) is 0 Å². The first kappa shape index (κ1) is 20.5. The zero-order valence-corrected chi connectivity index (χ0v) is 16.4. The van der Waals surface area contributed by atoms with Crippen LogP contribution in [0.5, 0.6) is 5.75 Å². The number of para-hydroxylation sites is 1. The van der Waals surface area contributed by atoms with Crippen LogP contribution in [0.1, 0.15) is 36.1 Å². The molecule has 2 rings (SSSR count). The van der Waals surface area contributed by atoms with Gasteiger partial charge in [0.05, 0.1) is 13.5 Å². The van der Waals surface area contributed by atoms with Crippen LogP contribution in [0.4, 0.5) is 5.69 Å². The van der Waals surface area contributed by atoms with E-state index in [1.54, 1.807) is 7.11 Å². The van der Waals surface area contributed by atoms with Gasteiger partial charge in [0.1, 0.15) is 5.75 Å². The molecule has 0 saturated carbocycles. The predicted octanol–water partition coefficient (Wildman–Crippen LogP) is 3.85. The fourth-order valence-corrected chi connectivity index (χ4v) is 2.98. The minimum atomic E-state index is -0.464. The van der Waals surface area contributed by atoms with Crippen molar-refractivity contribution in [2.24, 2.45) is 0 Å². The lowest BCUT2D eigenvalue weighted by Crippen LogP contribution is -2.23. The summed E-state index contributed by atoms with van der Waals surface area (Å²) in [4.78, 5) is 24.4. The van der Waals surface area contributed by atoms with Gasteiger partial charge in [-0.1, -0.05) is 49.7 Å². The molecule has 0 radical (unpaired) electrons. The number of benzene rings is 2. The van der Waals surface area contributed by atoms with Gasteiger partial charge in [-0.3, -0.25) is 9.59 Å². The van der Waals surface area contributed by atoms with E-state index in [1.807, 2.05) is 57.2 Å². The molecule has 5 nitrogen and oxygen atoms in total. The van der Waals surface area contributed by atoms with Crippen molar-refractivity contribution in [1.82, 2.24) is 0 Å². The highest BCUT2D eigenvalue weighted by Gasteiger charge is 2.14. The van der Waals surface area contributed by atoms with Crippen LogP contribution in [0.25, 0.3) is 0 Å². The number of hydrogen-bond acceptors (Lipinski definition) is 4. The first-order valence-electron chi connectivity index (χ1n) is 9.18. The Balaban J connectivity index is 1.96. The number of esters is 1. The number of aryl methyl sites for hydroxylation is 3. The van der Waals surface area contributed by atoms with Crippen molar-refractivity contribution >= 4 is 17.6 Å². The third kappa shape index (κ3) is 5.58. The minimum Gasteiger partial charge on any atom is -0.496 e. The molecule has 0 saturated heterocycles. The second-order valence-corrected chi connectivity index (χ2v) is 6.36. The largest absolute Gasteiger partial charge is 0.496 e. The van der Waals surface area contributed by atoms with Gasteiger partial charge < -0.3 is 14.8 Å². The third-order valence-electron chi connectivity index (χ3n) is 4.40. The summed E-state index contributed by atoms with van der Waals surface area (Å²) >= 11 is 0. The number of carbonyl (C=O) groups is 2. The van der Waals surface area contributed by atoms with E-state index < -0.39 is 5.97 Å². The first-order chi connectivity index (χ1) is 13.0. The van der Waals surface area contributed by atoms with Crippen molar-refractivity contribution in [1.29, 1.82) is 0 Å². The van der Waals surface area contributed by atoms with Gasteiger partial charge in [-0.25, -0.2) is 0 Å². The van der Waals surface area contributed by atoms with E-state index in [-0.39, 0.29) is 18.9 Å². The van der Waals surface area contributed by atoms with E-state index in [1.165, 1.54) is 0 Å². The highest BCUT2D eigenvalue weighted by molar-refractivity contribution is 5.94. The summed E-state index contributed by atoms with van der Waals surface area (Å²) in [6.45, 7) is 5.71. The lowest BCUT2D eigenvalue weighted by atomic mass is 10.0. The van der Waals surface area contributed by atoms with E-state index in [0.717, 1.165) is 40.8 Å². The fraction of sp³-hybridized carbons (Fsp3) is 0.364. The molecule has 0 aliphatic heterocycles. The van der Waals surface area contributed by atoms with Crippen molar-refractivity contribution in [3.05, 3.63) is 58.7 Å². The highest BCUT2D eigenvalue weighted by atomic mass is 16.5. The maximum absolute atomic E-state index is 12.3. The van der Waals surface area contributed by atoms with Crippen molar-refractivity contribution in [3.8, 4) is 5.75 Å². The van der Waals surface area contributed by atoms with E-state index >= 15 is 0 Å². The number of nitrogens with one attached hydrogen (secondary N) is 1. The monoisotopic (exact) mass is 369 g/mol. The number of hydrogen-bond donors (Lipinski definition) is 1. The Labute approximate surface area is 160 Å². The van der Waals surface area contributed by atoms with Gasteiger partial charge in [-0.15, -0.1) is 0 Å². The second kappa shape index (κ2) is 9.76. The number of carbonyl (C=O) groups excluding carboxylic acids is 2. The van der Waals surface area contributed by atoms with E-state index in [2.05, 4.69) is 5.32 Å². The van der Waals surface area contributed by atoms with Crippen LogP contribution in [0.3, 0.4) is 0 Å². The Bertz CT molecular complexity index is 792. The summed E-state index contributed by atoms with van der Waals surface area (Å²) in [6.07, 6.45) is 1.69. The Kier molecular flexibility index (Phi) is 7.41. The summed E-state index contributed by atoms with van der Waals surface area (Å²) in [5.41, 5.74) is 4.73. The zero-order valence-electron chi connectivity index (χ0n) is 16.4. The molecule has 5 heteroatoms. The van der Waals surface area contributed by atoms with Gasteiger partial charge in [0.15, 0.2) is 6.61 Å². The van der Waals surface area contributed by atoms with Crippen LogP contribution in [0.2, 0.25) is 0 Å². The van der Waals surface area contributed by atoms with Crippen LogP contribution < -0.4 is 10.1 Å². The topological polar surface area (TPSA) is 64.6 Å². The molecule has 0 atom stereocenters. The maximum atomic E-state index is 12.3. The molecule has 1 N–H and O–H groups in total. The van der Waals surface area contributed by atoms with E-state index in [0.29, 0.717) is 5.75 Å². The third-order valence-corrected chi connectivity index (χ3v) is 4.40. The standard InChI is InChI=1S/C22H27NO4/c1-5-16-8-7-9-17(6-2)22(16)23-20(24)14-27-21(25)13-18-12-15(3)10-11-19(18)26-4/h7-12H,5-6,13-14H2,1-4H3,(H,23,24). The van der Waals surface area contributed by atoms with E-state index in [4.69, 9.17) is 9.47 Å². The predicted molar refractivity (Wildman–Crippen MR) is 106 cm³/mol. The molecule has 0 spiro atoms. The molecule has 0 fully saturated rings. The molecule has 2 aromatic rings. The molecule has 0 bridgehead atoms. The molecule has 144 valence electrons. The Morgan fingerprint density at radius 2 is 1.67 bits per heavy atom. The number of rotatable bonds is 8. The van der Waals surface area contributed by atoms with Gasteiger partial charge in [0.2, 0.25) is 0 Å². The highest BCUT2D eigenvalue weighted by Crippen LogP contribution is 2.23. The second-order valence-electron chi connectivity index (χ2n) is 6.36. The summed E-state index contributed by atoms with van der Waals surface area (Å²) in [5, 5.41) is 2.89. The molecule has 0 heterocycles. The summed E-state index contributed by atoms with van der Waals surface area (Å²) in [5.74, 6) is -0.171. The fourth-order valence-electron chi connectivity index (χ4n) is 2.98. The number of anilines is 1. The molecule has 27 heavy (non-hydrogen) atoms. The van der Waals surface area contributed by atoms with Gasteiger partial charge in [0, 0.05) is 11.3 Å². The molecule has 0 aliphatic carbocycles. The number of ether oxygens (including phenoxy) is 2. The molecule has 1 amide bonds. The van der Waals surface area contributed by atoms with Crippen LogP contribution in [0, 0.1) is 6.92 Å². The molecule has 2 aromatic carbocycles. The normalized spacial score (nSPS) is 10.4. The summed E-state index contributed by atoms with van der Waals surface area (Å²) in [7, 11) is 1.56. The first-order valence-corrected chi connectivity index (χ1v) is 9.18. The van der Waals surface area contributed by atoms with Crippen LogP contribution in [0.15, 0.2) is 36.4 Å². The zero-order chi connectivity index (χ0) is 19.8. The van der Waals surface area contributed by atoms with E-state index in [9.17, 15) is 9.59 Å². The van der Waals surface area contributed by atoms with Crippen molar-refractivity contribution < 1.29 is 19.1 Å². The van der Waals surface area contributed by atoms with Crippen molar-refractivity contribution in [2.45, 2.75) is 40.0 Å². The van der Waals surface area contributed by atoms with Gasteiger partial charge in [-0.05, 0) is 37.0 Å². The number of methoxy groups -OCH3 is 1. The lowest BCUT2D eigenvalue weighted by molar-refractivity contribution is -0.146. The minimum absolute atomic E-state index is 0.0594. The van der Waals surface area contributed by atoms with Gasteiger partial charge in [-0.2, -0.15) is 0 Å². The average molecular weight is 369 g/mol. The Hall–Kier alpha value is -2.82. The molecular weight excluding hydrogens is 342 g/mol. The molecule has 0 unspecified atom stereocenters. The summed E-state index contributed by atoms with van der Waals surface area (Å²) < 4.78 is 10.4. The molecule has 0 aromatic heterocycles. The van der Waals surface area contributed by atoms with Crippen LogP contribution in [-0.2, 0) is 33.6 Å².